The van der Waals surface area contributed by atoms with Crippen molar-refractivity contribution in [3.05, 3.63) is 70.5 Å². The van der Waals surface area contributed by atoms with Gasteiger partial charge in [-0.25, -0.2) is 4.98 Å². The number of hydrogen-bond donors (Lipinski definition) is 2. The Morgan fingerprint density at radius 2 is 2.05 bits per heavy atom. The number of fused-ring (bicyclic) bond motifs is 1. The third-order valence-corrected chi connectivity index (χ3v) is 3.23. The quantitative estimate of drug-likeness (QED) is 0.759. The fourth-order valence-electron chi connectivity index (χ4n) is 2.15. The lowest BCUT2D eigenvalue weighted by Crippen LogP contribution is -2.26. The highest BCUT2D eigenvalue weighted by molar-refractivity contribution is 5.93. The predicted molar refractivity (Wildman–Crippen MR) is 82.6 cm³/mol. The number of benzene rings is 1. The number of amides is 1. The van der Waals surface area contributed by atoms with Gasteiger partial charge in [-0.2, -0.15) is 0 Å². The van der Waals surface area contributed by atoms with Crippen LogP contribution in [-0.4, -0.2) is 27.4 Å². The fraction of sp³-hybridized carbons (Fsp3) is 0.125. The SMILES string of the molecule is O=C(NCCc1nc2ccccc2c(=O)[nH]1)c1cccnc1. The Hall–Kier alpha value is -3.02. The maximum absolute atomic E-state index is 11.9. The first kappa shape index (κ1) is 13.9. The van der Waals surface area contributed by atoms with Gasteiger partial charge in [0.25, 0.3) is 11.5 Å². The standard InChI is InChI=1S/C16H14N4O2/c21-15(11-4-3-8-17-10-11)18-9-7-14-19-13-6-2-1-5-12(13)16(22)20-14/h1-6,8,10H,7,9H2,(H,18,21)(H,19,20,22). The molecule has 0 saturated heterocycles. The fourth-order valence-corrected chi connectivity index (χ4v) is 2.15. The third-order valence-electron chi connectivity index (χ3n) is 3.23. The Balaban J connectivity index is 1.67. The van der Waals surface area contributed by atoms with Gasteiger partial charge in [0.1, 0.15) is 5.82 Å². The molecule has 0 saturated carbocycles. The van der Waals surface area contributed by atoms with Crippen molar-refractivity contribution in [1.82, 2.24) is 20.3 Å². The molecule has 0 atom stereocenters. The summed E-state index contributed by atoms with van der Waals surface area (Å²) >= 11 is 0. The van der Waals surface area contributed by atoms with Gasteiger partial charge in [0.15, 0.2) is 0 Å². The molecule has 1 amide bonds. The summed E-state index contributed by atoms with van der Waals surface area (Å²) in [5, 5.41) is 3.33. The van der Waals surface area contributed by atoms with E-state index in [1.165, 1.54) is 6.20 Å². The minimum atomic E-state index is -0.198. The zero-order valence-corrected chi connectivity index (χ0v) is 11.7. The number of carbonyl (C=O) groups is 1. The van der Waals surface area contributed by atoms with Crippen molar-refractivity contribution in [2.45, 2.75) is 6.42 Å². The Morgan fingerprint density at radius 1 is 1.18 bits per heavy atom. The number of nitrogens with one attached hydrogen (secondary N) is 2. The van der Waals surface area contributed by atoms with Crippen LogP contribution in [-0.2, 0) is 6.42 Å². The Labute approximate surface area is 126 Å². The second kappa shape index (κ2) is 6.17. The molecule has 6 nitrogen and oxygen atoms in total. The van der Waals surface area contributed by atoms with Gasteiger partial charge in [0, 0.05) is 25.4 Å². The minimum Gasteiger partial charge on any atom is -0.352 e. The van der Waals surface area contributed by atoms with Crippen LogP contribution in [0.4, 0.5) is 0 Å². The van der Waals surface area contributed by atoms with Crippen LogP contribution in [0.25, 0.3) is 10.9 Å². The molecular formula is C16H14N4O2. The zero-order chi connectivity index (χ0) is 15.4. The van der Waals surface area contributed by atoms with E-state index in [-0.39, 0.29) is 11.5 Å². The number of carbonyl (C=O) groups excluding carboxylic acids is 1. The van der Waals surface area contributed by atoms with Crippen molar-refractivity contribution in [2.75, 3.05) is 6.54 Å². The van der Waals surface area contributed by atoms with E-state index < -0.39 is 0 Å². The normalized spacial score (nSPS) is 10.5. The van der Waals surface area contributed by atoms with Crippen LogP contribution in [0.1, 0.15) is 16.2 Å². The first-order valence-electron chi connectivity index (χ1n) is 6.90. The molecule has 22 heavy (non-hydrogen) atoms. The molecule has 1 aromatic carbocycles. The van der Waals surface area contributed by atoms with E-state index in [2.05, 4.69) is 20.3 Å². The minimum absolute atomic E-state index is 0.167. The summed E-state index contributed by atoms with van der Waals surface area (Å²) in [6.07, 6.45) is 3.57. The maximum atomic E-state index is 11.9. The van der Waals surface area contributed by atoms with E-state index in [0.717, 1.165) is 0 Å². The summed E-state index contributed by atoms with van der Waals surface area (Å²) in [7, 11) is 0. The smallest absolute Gasteiger partial charge is 0.258 e. The van der Waals surface area contributed by atoms with Gasteiger partial charge in [-0.3, -0.25) is 14.6 Å². The molecule has 3 aromatic rings. The molecule has 110 valence electrons. The molecule has 6 heteroatoms. The molecular weight excluding hydrogens is 280 g/mol. The molecule has 0 aliphatic carbocycles. The van der Waals surface area contributed by atoms with Crippen LogP contribution in [0.2, 0.25) is 0 Å². The average molecular weight is 294 g/mol. The largest absolute Gasteiger partial charge is 0.352 e. The highest BCUT2D eigenvalue weighted by Crippen LogP contribution is 2.05. The first-order valence-corrected chi connectivity index (χ1v) is 6.90. The van der Waals surface area contributed by atoms with Crippen LogP contribution in [0.15, 0.2) is 53.6 Å². The number of rotatable bonds is 4. The molecule has 0 aliphatic heterocycles. The van der Waals surface area contributed by atoms with E-state index in [1.54, 1.807) is 36.5 Å². The Morgan fingerprint density at radius 3 is 2.86 bits per heavy atom. The van der Waals surface area contributed by atoms with Crippen LogP contribution >= 0.6 is 0 Å². The monoisotopic (exact) mass is 294 g/mol. The van der Waals surface area contributed by atoms with Gasteiger partial charge >= 0.3 is 0 Å². The Bertz CT molecular complexity index is 859. The number of nitrogens with zero attached hydrogens (tertiary/aromatic N) is 2. The molecule has 0 radical (unpaired) electrons. The lowest BCUT2D eigenvalue weighted by atomic mass is 10.2. The predicted octanol–water partition coefficient (Wildman–Crippen LogP) is 1.29. The summed E-state index contributed by atoms with van der Waals surface area (Å²) in [5.41, 5.74) is 0.987. The van der Waals surface area contributed by atoms with Gasteiger partial charge in [-0.15, -0.1) is 0 Å². The summed E-state index contributed by atoms with van der Waals surface area (Å²) in [5.74, 6) is 0.353. The topological polar surface area (TPSA) is 87.7 Å². The molecule has 2 heterocycles. The van der Waals surface area contributed by atoms with E-state index in [1.807, 2.05) is 6.07 Å². The van der Waals surface area contributed by atoms with Crippen molar-refractivity contribution < 1.29 is 4.79 Å². The number of para-hydroxylation sites is 1. The van der Waals surface area contributed by atoms with Crippen molar-refractivity contribution in [3.8, 4) is 0 Å². The first-order chi connectivity index (χ1) is 10.7. The second-order valence-electron chi connectivity index (χ2n) is 4.78. The van der Waals surface area contributed by atoms with Gasteiger partial charge in [0.05, 0.1) is 16.5 Å². The number of aromatic amines is 1. The van der Waals surface area contributed by atoms with Crippen molar-refractivity contribution in [3.63, 3.8) is 0 Å². The Kier molecular flexibility index (Phi) is 3.91. The van der Waals surface area contributed by atoms with Crippen molar-refractivity contribution >= 4 is 16.8 Å². The highest BCUT2D eigenvalue weighted by atomic mass is 16.1. The lowest BCUT2D eigenvalue weighted by Gasteiger charge is -2.05. The zero-order valence-electron chi connectivity index (χ0n) is 11.7. The van der Waals surface area contributed by atoms with E-state index >= 15 is 0 Å². The van der Waals surface area contributed by atoms with Crippen molar-refractivity contribution in [2.24, 2.45) is 0 Å². The molecule has 0 unspecified atom stereocenters. The number of H-pyrrole nitrogens is 1. The summed E-state index contributed by atoms with van der Waals surface area (Å²) in [6, 6.07) is 10.6. The molecule has 0 aliphatic rings. The number of hydrogen-bond acceptors (Lipinski definition) is 4. The molecule has 0 fully saturated rings. The van der Waals surface area contributed by atoms with Gasteiger partial charge in [-0.05, 0) is 24.3 Å². The summed E-state index contributed by atoms with van der Waals surface area (Å²) in [4.78, 5) is 34.8. The summed E-state index contributed by atoms with van der Waals surface area (Å²) < 4.78 is 0. The van der Waals surface area contributed by atoms with Crippen LogP contribution in [0.3, 0.4) is 0 Å². The van der Waals surface area contributed by atoms with Crippen LogP contribution in [0, 0.1) is 0 Å². The summed E-state index contributed by atoms with van der Waals surface area (Å²) in [6.45, 7) is 0.384. The molecule has 2 N–H and O–H groups in total. The number of pyridine rings is 1. The van der Waals surface area contributed by atoms with Gasteiger partial charge < -0.3 is 10.3 Å². The van der Waals surface area contributed by atoms with Crippen molar-refractivity contribution in [1.29, 1.82) is 0 Å². The maximum Gasteiger partial charge on any atom is 0.258 e. The van der Waals surface area contributed by atoms with E-state index in [4.69, 9.17) is 0 Å². The number of aromatic nitrogens is 3. The van der Waals surface area contributed by atoms with Gasteiger partial charge in [-0.1, -0.05) is 12.1 Å². The van der Waals surface area contributed by atoms with E-state index in [0.29, 0.717) is 35.3 Å². The molecule has 0 spiro atoms. The average Bonchev–Trinajstić information content (AvgIpc) is 2.56. The molecule has 2 aromatic heterocycles. The lowest BCUT2D eigenvalue weighted by molar-refractivity contribution is 0.0953. The second-order valence-corrected chi connectivity index (χ2v) is 4.78. The van der Waals surface area contributed by atoms with E-state index in [9.17, 15) is 9.59 Å². The molecule has 0 bridgehead atoms. The third kappa shape index (κ3) is 3.01. The van der Waals surface area contributed by atoms with Crippen LogP contribution in [0.5, 0.6) is 0 Å². The molecule has 3 rings (SSSR count). The van der Waals surface area contributed by atoms with Crippen LogP contribution < -0.4 is 10.9 Å². The highest BCUT2D eigenvalue weighted by Gasteiger charge is 2.06. The van der Waals surface area contributed by atoms with Gasteiger partial charge in [0.2, 0.25) is 0 Å².